The number of urea groups is 1. The number of carbonyl (C=O) groups excluding carboxylic acids is 1. The van der Waals surface area contributed by atoms with Crippen molar-refractivity contribution in [2.24, 2.45) is 5.92 Å². The lowest BCUT2D eigenvalue weighted by Gasteiger charge is -2.20. The van der Waals surface area contributed by atoms with Crippen LogP contribution in [0.3, 0.4) is 0 Å². The van der Waals surface area contributed by atoms with Gasteiger partial charge in [0.15, 0.2) is 0 Å². The standard InChI is InChI=1S/C13H18N2O3/c1-9-6-4-5-7-11(9)14-13(18)15(3)8-10(2)12(16)17/h4-7,10H,8H2,1-3H3,(H,14,18)(H,16,17). The summed E-state index contributed by atoms with van der Waals surface area (Å²) in [6.07, 6.45) is 0. The fraction of sp³-hybridized carbons (Fsp3) is 0.385. The van der Waals surface area contributed by atoms with E-state index in [0.717, 1.165) is 11.3 Å². The number of carbonyl (C=O) groups is 2. The van der Waals surface area contributed by atoms with E-state index in [2.05, 4.69) is 5.32 Å². The van der Waals surface area contributed by atoms with E-state index in [4.69, 9.17) is 5.11 Å². The van der Waals surface area contributed by atoms with Crippen LogP contribution in [0.15, 0.2) is 24.3 Å². The smallest absolute Gasteiger partial charge is 0.321 e. The number of aryl methyl sites for hydroxylation is 1. The van der Waals surface area contributed by atoms with Crippen LogP contribution in [-0.4, -0.2) is 35.6 Å². The van der Waals surface area contributed by atoms with E-state index < -0.39 is 11.9 Å². The Morgan fingerprint density at radius 1 is 1.39 bits per heavy atom. The predicted octanol–water partition coefficient (Wildman–Crippen LogP) is 2.18. The average Bonchev–Trinajstić information content (AvgIpc) is 2.31. The number of nitrogens with zero attached hydrogens (tertiary/aromatic N) is 1. The van der Waals surface area contributed by atoms with Crippen molar-refractivity contribution in [2.45, 2.75) is 13.8 Å². The van der Waals surface area contributed by atoms with Crippen LogP contribution in [0, 0.1) is 12.8 Å². The molecule has 1 aromatic carbocycles. The topological polar surface area (TPSA) is 69.6 Å². The van der Waals surface area contributed by atoms with Crippen LogP contribution in [0.4, 0.5) is 10.5 Å². The molecule has 0 fully saturated rings. The van der Waals surface area contributed by atoms with Crippen molar-refractivity contribution in [1.29, 1.82) is 0 Å². The fourth-order valence-electron chi connectivity index (χ4n) is 1.50. The highest BCUT2D eigenvalue weighted by Gasteiger charge is 2.17. The molecular weight excluding hydrogens is 232 g/mol. The Hall–Kier alpha value is -2.04. The zero-order valence-corrected chi connectivity index (χ0v) is 10.8. The number of amides is 2. The number of benzene rings is 1. The average molecular weight is 250 g/mol. The molecule has 0 heterocycles. The van der Waals surface area contributed by atoms with Gasteiger partial charge in [0.1, 0.15) is 0 Å². The van der Waals surface area contributed by atoms with Crippen LogP contribution in [0.25, 0.3) is 0 Å². The minimum Gasteiger partial charge on any atom is -0.481 e. The Kier molecular flexibility index (Phi) is 4.71. The molecule has 0 radical (unpaired) electrons. The second-order valence-corrected chi connectivity index (χ2v) is 4.36. The molecule has 2 N–H and O–H groups in total. The summed E-state index contributed by atoms with van der Waals surface area (Å²) in [5.41, 5.74) is 1.70. The number of carboxylic acids is 1. The summed E-state index contributed by atoms with van der Waals surface area (Å²) in [5.74, 6) is -1.50. The first-order chi connectivity index (χ1) is 8.41. The Balaban J connectivity index is 2.61. The van der Waals surface area contributed by atoms with E-state index in [0.29, 0.717) is 0 Å². The van der Waals surface area contributed by atoms with Crippen LogP contribution in [0.1, 0.15) is 12.5 Å². The largest absolute Gasteiger partial charge is 0.481 e. The SMILES string of the molecule is Cc1ccccc1NC(=O)N(C)CC(C)C(=O)O. The summed E-state index contributed by atoms with van der Waals surface area (Å²) >= 11 is 0. The summed E-state index contributed by atoms with van der Waals surface area (Å²) < 4.78 is 0. The van der Waals surface area contributed by atoms with Gasteiger partial charge in [-0.2, -0.15) is 0 Å². The lowest BCUT2D eigenvalue weighted by molar-refractivity contribution is -0.141. The van der Waals surface area contributed by atoms with Crippen molar-refractivity contribution in [3.63, 3.8) is 0 Å². The van der Waals surface area contributed by atoms with Gasteiger partial charge in [-0.1, -0.05) is 25.1 Å². The van der Waals surface area contributed by atoms with Gasteiger partial charge in [-0.3, -0.25) is 4.79 Å². The first-order valence-electron chi connectivity index (χ1n) is 5.72. The molecule has 18 heavy (non-hydrogen) atoms. The number of nitrogens with one attached hydrogen (secondary N) is 1. The molecule has 0 saturated carbocycles. The van der Waals surface area contributed by atoms with Crippen molar-refractivity contribution < 1.29 is 14.7 Å². The number of aliphatic carboxylic acids is 1. The number of hydrogen-bond acceptors (Lipinski definition) is 2. The van der Waals surface area contributed by atoms with E-state index in [1.54, 1.807) is 14.0 Å². The van der Waals surface area contributed by atoms with E-state index in [-0.39, 0.29) is 12.6 Å². The number of carboxylic acid groups (broad SMARTS) is 1. The Morgan fingerprint density at radius 3 is 2.56 bits per heavy atom. The molecule has 1 atom stereocenters. The van der Waals surface area contributed by atoms with Crippen molar-refractivity contribution in [2.75, 3.05) is 18.9 Å². The van der Waals surface area contributed by atoms with Gasteiger partial charge < -0.3 is 15.3 Å². The highest BCUT2D eigenvalue weighted by Crippen LogP contribution is 2.13. The predicted molar refractivity (Wildman–Crippen MR) is 69.6 cm³/mol. The minimum absolute atomic E-state index is 0.174. The maximum atomic E-state index is 11.8. The number of para-hydroxylation sites is 1. The van der Waals surface area contributed by atoms with E-state index in [9.17, 15) is 9.59 Å². The monoisotopic (exact) mass is 250 g/mol. The second kappa shape index (κ2) is 6.05. The van der Waals surface area contributed by atoms with Gasteiger partial charge in [-0.25, -0.2) is 4.79 Å². The molecule has 0 aliphatic carbocycles. The van der Waals surface area contributed by atoms with Crippen LogP contribution in [0.5, 0.6) is 0 Å². The van der Waals surface area contributed by atoms with Gasteiger partial charge in [0.25, 0.3) is 0 Å². The maximum Gasteiger partial charge on any atom is 0.321 e. The molecule has 0 saturated heterocycles. The molecule has 0 aliphatic heterocycles. The summed E-state index contributed by atoms with van der Waals surface area (Å²) in [7, 11) is 1.58. The lowest BCUT2D eigenvalue weighted by atomic mass is 10.2. The van der Waals surface area contributed by atoms with Crippen LogP contribution in [-0.2, 0) is 4.79 Å². The van der Waals surface area contributed by atoms with Gasteiger partial charge >= 0.3 is 12.0 Å². The fourth-order valence-corrected chi connectivity index (χ4v) is 1.50. The zero-order chi connectivity index (χ0) is 13.7. The quantitative estimate of drug-likeness (QED) is 0.860. The Morgan fingerprint density at radius 2 is 2.00 bits per heavy atom. The van der Waals surface area contributed by atoms with Gasteiger partial charge in [-0.05, 0) is 18.6 Å². The van der Waals surface area contributed by atoms with Crippen LogP contribution < -0.4 is 5.32 Å². The third-order valence-corrected chi connectivity index (χ3v) is 2.70. The van der Waals surface area contributed by atoms with Gasteiger partial charge in [0, 0.05) is 19.3 Å². The summed E-state index contributed by atoms with van der Waals surface area (Å²) in [6.45, 7) is 3.64. The summed E-state index contributed by atoms with van der Waals surface area (Å²) in [6, 6.07) is 7.12. The molecule has 0 spiro atoms. The molecular formula is C13H18N2O3. The van der Waals surface area contributed by atoms with Crippen molar-refractivity contribution in [1.82, 2.24) is 4.90 Å². The molecule has 98 valence electrons. The third kappa shape index (κ3) is 3.76. The maximum absolute atomic E-state index is 11.8. The molecule has 1 rings (SSSR count). The molecule has 1 aromatic rings. The zero-order valence-electron chi connectivity index (χ0n) is 10.8. The molecule has 0 aromatic heterocycles. The van der Waals surface area contributed by atoms with E-state index in [1.807, 2.05) is 31.2 Å². The minimum atomic E-state index is -0.912. The normalized spacial score (nSPS) is 11.7. The molecule has 0 aliphatic rings. The Labute approximate surface area is 106 Å². The van der Waals surface area contributed by atoms with Crippen molar-refractivity contribution in [3.8, 4) is 0 Å². The second-order valence-electron chi connectivity index (χ2n) is 4.36. The summed E-state index contributed by atoms with van der Waals surface area (Å²) in [5, 5.41) is 11.5. The Bertz CT molecular complexity index is 446. The molecule has 0 bridgehead atoms. The first-order valence-corrected chi connectivity index (χ1v) is 5.72. The van der Waals surface area contributed by atoms with E-state index >= 15 is 0 Å². The van der Waals surface area contributed by atoms with E-state index in [1.165, 1.54) is 4.90 Å². The van der Waals surface area contributed by atoms with Crippen LogP contribution >= 0.6 is 0 Å². The highest BCUT2D eigenvalue weighted by atomic mass is 16.4. The van der Waals surface area contributed by atoms with Crippen molar-refractivity contribution in [3.05, 3.63) is 29.8 Å². The van der Waals surface area contributed by atoms with Gasteiger partial charge in [-0.15, -0.1) is 0 Å². The van der Waals surface area contributed by atoms with Gasteiger partial charge in [0.2, 0.25) is 0 Å². The lowest BCUT2D eigenvalue weighted by Crippen LogP contribution is -2.36. The molecule has 2 amide bonds. The van der Waals surface area contributed by atoms with Crippen LogP contribution in [0.2, 0.25) is 0 Å². The van der Waals surface area contributed by atoms with Crippen molar-refractivity contribution >= 4 is 17.7 Å². The van der Waals surface area contributed by atoms with Gasteiger partial charge in [0.05, 0.1) is 5.92 Å². The first kappa shape index (κ1) is 14.0. The molecule has 5 nitrogen and oxygen atoms in total. The third-order valence-electron chi connectivity index (χ3n) is 2.70. The number of rotatable bonds is 4. The number of hydrogen-bond donors (Lipinski definition) is 2. The summed E-state index contributed by atoms with van der Waals surface area (Å²) in [4.78, 5) is 23.9. The molecule has 5 heteroatoms. The highest BCUT2D eigenvalue weighted by molar-refractivity contribution is 5.90. The number of anilines is 1. The molecule has 1 unspecified atom stereocenters.